The lowest BCUT2D eigenvalue weighted by atomic mass is 9.99. The molecule has 0 spiro atoms. The summed E-state index contributed by atoms with van der Waals surface area (Å²) in [4.78, 5) is 37.5. The van der Waals surface area contributed by atoms with Gasteiger partial charge in [-0.15, -0.1) is 0 Å². The molecule has 1 aliphatic heterocycles. The molecule has 0 radical (unpaired) electrons. The van der Waals surface area contributed by atoms with Gasteiger partial charge < -0.3 is 15.2 Å². The van der Waals surface area contributed by atoms with Crippen LogP contribution in [0.4, 0.5) is 4.79 Å². The average molecular weight is 368 g/mol. The molecule has 1 saturated heterocycles. The first kappa shape index (κ1) is 22.0. The van der Waals surface area contributed by atoms with E-state index in [1.807, 2.05) is 13.8 Å². The molecule has 2 amide bonds. The van der Waals surface area contributed by atoms with Crippen molar-refractivity contribution >= 4 is 18.0 Å². The van der Waals surface area contributed by atoms with Gasteiger partial charge in [0.15, 0.2) is 0 Å². The highest BCUT2D eigenvalue weighted by Crippen LogP contribution is 2.21. The summed E-state index contributed by atoms with van der Waals surface area (Å²) in [5.41, 5.74) is -0.625. The van der Waals surface area contributed by atoms with E-state index < -0.39 is 23.7 Å². The fourth-order valence-corrected chi connectivity index (χ4v) is 2.91. The summed E-state index contributed by atoms with van der Waals surface area (Å²) in [7, 11) is 0. The van der Waals surface area contributed by atoms with Crippen LogP contribution in [0.5, 0.6) is 0 Å². The van der Waals surface area contributed by atoms with E-state index in [0.717, 1.165) is 18.9 Å². The summed E-state index contributed by atoms with van der Waals surface area (Å²) < 4.78 is 5.42. The molecule has 1 fully saturated rings. The fraction of sp³-hybridized carbons (Fsp3) is 0.737. The predicted octanol–water partition coefficient (Wildman–Crippen LogP) is 2.95. The van der Waals surface area contributed by atoms with Crippen molar-refractivity contribution in [3.8, 4) is 0 Å². The van der Waals surface area contributed by atoms with Crippen LogP contribution in [0.1, 0.15) is 60.3 Å². The molecular weight excluding hydrogens is 336 g/mol. The molecule has 0 aromatic carbocycles. The Morgan fingerprint density at radius 2 is 1.92 bits per heavy atom. The zero-order valence-electron chi connectivity index (χ0n) is 16.4. The SMILES string of the molecule is CC(C)CC(C=CC(=O)O)NC(=O)C1CCCCN1C(=O)OC(C)(C)C. The number of ether oxygens (including phenoxy) is 1. The van der Waals surface area contributed by atoms with Crippen LogP contribution in [0.25, 0.3) is 0 Å². The number of carbonyl (C=O) groups excluding carboxylic acids is 2. The third-order valence-electron chi connectivity index (χ3n) is 3.96. The van der Waals surface area contributed by atoms with Crippen LogP contribution >= 0.6 is 0 Å². The minimum atomic E-state index is -1.05. The van der Waals surface area contributed by atoms with E-state index in [4.69, 9.17) is 9.84 Å². The number of likely N-dealkylation sites (tertiary alicyclic amines) is 1. The number of carbonyl (C=O) groups is 3. The van der Waals surface area contributed by atoms with Gasteiger partial charge in [0.05, 0.1) is 0 Å². The highest BCUT2D eigenvalue weighted by atomic mass is 16.6. The first-order valence-electron chi connectivity index (χ1n) is 9.20. The van der Waals surface area contributed by atoms with Crippen LogP contribution in [-0.4, -0.2) is 52.2 Å². The molecule has 7 nitrogen and oxygen atoms in total. The Hall–Kier alpha value is -2.05. The van der Waals surface area contributed by atoms with E-state index in [0.29, 0.717) is 19.4 Å². The van der Waals surface area contributed by atoms with E-state index in [1.54, 1.807) is 20.8 Å². The minimum absolute atomic E-state index is 0.267. The second-order valence-electron chi connectivity index (χ2n) is 8.13. The highest BCUT2D eigenvalue weighted by molar-refractivity contribution is 5.86. The summed E-state index contributed by atoms with van der Waals surface area (Å²) in [5, 5.41) is 11.7. The smallest absolute Gasteiger partial charge is 0.410 e. The third kappa shape index (κ3) is 7.89. The Balaban J connectivity index is 2.84. The van der Waals surface area contributed by atoms with Crippen molar-refractivity contribution in [3.63, 3.8) is 0 Å². The topological polar surface area (TPSA) is 95.9 Å². The summed E-state index contributed by atoms with van der Waals surface area (Å²) in [6.45, 7) is 9.85. The van der Waals surface area contributed by atoms with Gasteiger partial charge in [-0.05, 0) is 52.4 Å². The van der Waals surface area contributed by atoms with Gasteiger partial charge in [0.25, 0.3) is 0 Å². The fourth-order valence-electron chi connectivity index (χ4n) is 2.91. The zero-order chi connectivity index (χ0) is 19.9. The van der Waals surface area contributed by atoms with Crippen molar-refractivity contribution in [2.75, 3.05) is 6.54 Å². The summed E-state index contributed by atoms with van der Waals surface area (Å²) in [5.74, 6) is -1.04. The van der Waals surface area contributed by atoms with Crippen LogP contribution in [0, 0.1) is 5.92 Å². The predicted molar refractivity (Wildman–Crippen MR) is 98.7 cm³/mol. The molecule has 2 N–H and O–H groups in total. The van der Waals surface area contributed by atoms with Gasteiger partial charge in [0.2, 0.25) is 5.91 Å². The Bertz CT molecular complexity index is 537. The van der Waals surface area contributed by atoms with Crippen LogP contribution in [0.2, 0.25) is 0 Å². The molecular formula is C19H32N2O5. The second-order valence-corrected chi connectivity index (χ2v) is 8.13. The molecule has 1 aliphatic rings. The van der Waals surface area contributed by atoms with Crippen LogP contribution in [0.15, 0.2) is 12.2 Å². The summed E-state index contributed by atoms with van der Waals surface area (Å²) in [6.07, 6.45) is 4.92. The maximum absolute atomic E-state index is 12.8. The maximum Gasteiger partial charge on any atom is 0.410 e. The average Bonchev–Trinajstić information content (AvgIpc) is 2.50. The Morgan fingerprint density at radius 3 is 2.46 bits per heavy atom. The van der Waals surface area contributed by atoms with Crippen molar-refractivity contribution in [1.82, 2.24) is 10.2 Å². The summed E-state index contributed by atoms with van der Waals surface area (Å²) in [6, 6.07) is -0.979. The number of hydrogen-bond acceptors (Lipinski definition) is 4. The normalized spacial score (nSPS) is 19.5. The first-order chi connectivity index (χ1) is 12.0. The number of carboxylic acids is 1. The van der Waals surface area contributed by atoms with Crippen molar-refractivity contribution < 1.29 is 24.2 Å². The number of carboxylic acid groups (broad SMARTS) is 1. The third-order valence-corrected chi connectivity index (χ3v) is 3.96. The molecule has 26 heavy (non-hydrogen) atoms. The van der Waals surface area contributed by atoms with Gasteiger partial charge in [0, 0.05) is 18.7 Å². The van der Waals surface area contributed by atoms with Crippen LogP contribution < -0.4 is 5.32 Å². The van der Waals surface area contributed by atoms with E-state index in [-0.39, 0.29) is 17.9 Å². The molecule has 0 aromatic heterocycles. The molecule has 2 unspecified atom stereocenters. The molecule has 0 bridgehead atoms. The van der Waals surface area contributed by atoms with Gasteiger partial charge >= 0.3 is 12.1 Å². The molecule has 0 saturated carbocycles. The molecule has 0 aromatic rings. The van der Waals surface area contributed by atoms with Crippen LogP contribution in [0.3, 0.4) is 0 Å². The van der Waals surface area contributed by atoms with Gasteiger partial charge in [-0.25, -0.2) is 9.59 Å². The van der Waals surface area contributed by atoms with Crippen molar-refractivity contribution in [1.29, 1.82) is 0 Å². The molecule has 1 rings (SSSR count). The lowest BCUT2D eigenvalue weighted by molar-refractivity contribution is -0.131. The molecule has 7 heteroatoms. The van der Waals surface area contributed by atoms with E-state index in [9.17, 15) is 14.4 Å². The zero-order valence-corrected chi connectivity index (χ0v) is 16.4. The lowest BCUT2D eigenvalue weighted by Crippen LogP contribution is -2.54. The molecule has 148 valence electrons. The number of rotatable bonds is 6. The summed E-state index contributed by atoms with van der Waals surface area (Å²) >= 11 is 0. The van der Waals surface area contributed by atoms with Gasteiger partial charge in [-0.2, -0.15) is 0 Å². The molecule has 1 heterocycles. The number of aliphatic carboxylic acids is 1. The largest absolute Gasteiger partial charge is 0.478 e. The van der Waals surface area contributed by atoms with Gasteiger partial charge in [0.1, 0.15) is 11.6 Å². The Morgan fingerprint density at radius 1 is 1.27 bits per heavy atom. The van der Waals surface area contributed by atoms with E-state index >= 15 is 0 Å². The van der Waals surface area contributed by atoms with Crippen molar-refractivity contribution in [2.45, 2.75) is 78.0 Å². The van der Waals surface area contributed by atoms with E-state index in [2.05, 4.69) is 5.32 Å². The number of nitrogens with zero attached hydrogens (tertiary/aromatic N) is 1. The van der Waals surface area contributed by atoms with Gasteiger partial charge in [-0.1, -0.05) is 19.9 Å². The minimum Gasteiger partial charge on any atom is -0.478 e. The second kappa shape index (κ2) is 9.59. The first-order valence-corrected chi connectivity index (χ1v) is 9.20. The molecule has 2 atom stereocenters. The molecule has 0 aliphatic carbocycles. The number of nitrogens with one attached hydrogen (secondary N) is 1. The lowest BCUT2D eigenvalue weighted by Gasteiger charge is -2.36. The number of hydrogen-bond donors (Lipinski definition) is 2. The quantitative estimate of drug-likeness (QED) is 0.703. The maximum atomic E-state index is 12.8. The van der Waals surface area contributed by atoms with E-state index in [1.165, 1.54) is 11.0 Å². The van der Waals surface area contributed by atoms with Crippen molar-refractivity contribution in [2.24, 2.45) is 5.92 Å². The van der Waals surface area contributed by atoms with Crippen molar-refractivity contribution in [3.05, 3.63) is 12.2 Å². The Kier molecular flexibility index (Phi) is 8.11. The highest BCUT2D eigenvalue weighted by Gasteiger charge is 2.35. The standard InChI is InChI=1S/C19H32N2O5/c1-13(2)12-14(9-10-16(22)23)20-17(24)15-8-6-7-11-21(15)18(25)26-19(3,4)5/h9-10,13-15H,6-8,11-12H2,1-5H3,(H,20,24)(H,22,23). The van der Waals surface area contributed by atoms with Gasteiger partial charge in [-0.3, -0.25) is 9.69 Å². The van der Waals surface area contributed by atoms with Crippen LogP contribution in [-0.2, 0) is 14.3 Å². The monoisotopic (exact) mass is 368 g/mol. The number of amides is 2. The Labute approximate surface area is 155 Å². The number of piperidine rings is 1.